The third kappa shape index (κ3) is 18.8. The van der Waals surface area contributed by atoms with Crippen molar-refractivity contribution in [3.8, 4) is 0 Å². The Kier molecular flexibility index (Phi) is 25.8. The molecule has 4 saturated heterocycles. The lowest BCUT2D eigenvalue weighted by molar-refractivity contribution is -0.143. The van der Waals surface area contributed by atoms with E-state index in [1.807, 2.05) is 19.9 Å². The fraction of sp³-hybridized carbons (Fsp3) is 0.727. The van der Waals surface area contributed by atoms with E-state index in [1.54, 1.807) is 17.8 Å². The number of fused-ring (bicyclic) bond motifs is 3. The molecule has 0 saturated carbocycles. The molecule has 0 aromatic rings. The molecular weight excluding hydrogens is 1160 g/mol. The zero-order chi connectivity index (χ0) is 64.0. The van der Waals surface area contributed by atoms with Gasteiger partial charge in [-0.25, -0.2) is 0 Å². The van der Waals surface area contributed by atoms with Crippen LogP contribution in [0.5, 0.6) is 0 Å². The number of aldehydes is 1. The second-order valence-electron chi connectivity index (χ2n) is 23.3. The normalized spacial score (nSPS) is 25.1. The molecule has 5 aliphatic rings. The first kappa shape index (κ1) is 70.4. The Morgan fingerprint density at radius 3 is 1.63 bits per heavy atom. The highest BCUT2D eigenvalue weighted by atomic mass is 32.2. The van der Waals surface area contributed by atoms with Gasteiger partial charge in [0.25, 0.3) is 5.91 Å². The lowest BCUT2D eigenvalue weighted by atomic mass is 9.88. The van der Waals surface area contributed by atoms with Gasteiger partial charge in [-0.1, -0.05) is 19.9 Å². The summed E-state index contributed by atoms with van der Waals surface area (Å²) in [4.78, 5) is 175. The molecule has 4 fully saturated rings. The maximum absolute atomic E-state index is 14.5. The molecule has 16 atom stereocenters. The van der Waals surface area contributed by atoms with Gasteiger partial charge in [0.2, 0.25) is 59.1 Å². The number of unbranched alkanes of at least 4 members (excludes halogenated alkanes) is 2. The number of carbonyl (C=O) groups excluding carboxylic acids is 12. The summed E-state index contributed by atoms with van der Waals surface area (Å²) < 4.78 is -0.496. The van der Waals surface area contributed by atoms with Crippen molar-refractivity contribution in [1.82, 2.24) is 57.7 Å². The van der Waals surface area contributed by atoms with Gasteiger partial charge in [0, 0.05) is 23.1 Å². The summed E-state index contributed by atoms with van der Waals surface area (Å²) in [5.41, 5.74) is 17.2. The minimum atomic E-state index is -1.79. The number of rotatable bonds is 34. The zero-order valence-corrected chi connectivity index (χ0v) is 51.5. The van der Waals surface area contributed by atoms with E-state index in [-0.39, 0.29) is 87.4 Å². The SMILES string of the molecule is CC(C)C[C@H](NC(=O)[C@@H]1CCCN1C(=O)[C@H](C)NC(=O)[C@H](C)NC(=O)[C@H](CC12C=CC3(O)SC3C1S2)NC(=O)[C@H](C)N)C(=O)N[C@@H](CCCCN)C(=O)N1CCC[C@H]1C(=O)N[C@@H](C)C(=O)N[C@@H](CCCCN)C(=O)N[C@@H](C=O)C(=O)N[C@@H](C)C(=O)O. The number of hydrogen-bond donors (Lipinski definition) is 14. The van der Waals surface area contributed by atoms with Crippen molar-refractivity contribution in [3.63, 3.8) is 0 Å². The highest BCUT2D eigenvalue weighted by Crippen LogP contribution is 2.74. The number of carbonyl (C=O) groups is 13. The van der Waals surface area contributed by atoms with Crippen LogP contribution in [-0.4, -0.2) is 216 Å². The van der Waals surface area contributed by atoms with E-state index in [0.717, 1.165) is 6.92 Å². The topological polar surface area (TPSA) is 455 Å². The van der Waals surface area contributed by atoms with Gasteiger partial charge in [-0.15, -0.1) is 23.5 Å². The number of carboxylic acids is 1. The van der Waals surface area contributed by atoms with E-state index in [1.165, 1.54) is 49.3 Å². The smallest absolute Gasteiger partial charge is 0.325 e. The van der Waals surface area contributed by atoms with Gasteiger partial charge < -0.3 is 89.9 Å². The Balaban J connectivity index is 1.19. The van der Waals surface area contributed by atoms with Crippen molar-refractivity contribution in [3.05, 3.63) is 12.2 Å². The Bertz CT molecular complexity index is 2580. The maximum Gasteiger partial charge on any atom is 0.325 e. The first-order chi connectivity index (χ1) is 40.5. The molecule has 0 aromatic heterocycles. The van der Waals surface area contributed by atoms with Gasteiger partial charge >= 0.3 is 5.97 Å². The molecular formula is C55H88N14O15S2. The number of nitrogens with zero attached hydrogens (tertiary/aromatic N) is 2. The first-order valence-corrected chi connectivity index (χ1v) is 31.2. The van der Waals surface area contributed by atoms with Crippen molar-refractivity contribution in [2.24, 2.45) is 23.1 Å². The van der Waals surface area contributed by atoms with Crippen LogP contribution < -0.4 is 65.1 Å². The van der Waals surface area contributed by atoms with Crippen LogP contribution in [-0.2, 0) is 62.3 Å². The molecule has 17 N–H and O–H groups in total. The molecule has 0 bridgehead atoms. The summed E-state index contributed by atoms with van der Waals surface area (Å²) in [5.74, 6) is -9.60. The minimum absolute atomic E-state index is 0.0116. The second kappa shape index (κ2) is 31.5. The Morgan fingerprint density at radius 1 is 0.558 bits per heavy atom. The van der Waals surface area contributed by atoms with E-state index in [9.17, 15) is 67.4 Å². The average Bonchev–Trinajstić information content (AvgIpc) is 1.53. The molecule has 1 aliphatic carbocycles. The van der Waals surface area contributed by atoms with Gasteiger partial charge in [-0.3, -0.25) is 57.5 Å². The summed E-state index contributed by atoms with van der Waals surface area (Å²) in [6.07, 6.45) is 6.98. The molecule has 31 heteroatoms. The van der Waals surface area contributed by atoms with Crippen LogP contribution in [0, 0.1) is 5.92 Å². The molecule has 29 nitrogen and oxygen atoms in total. The van der Waals surface area contributed by atoms with Crippen LogP contribution in [0.1, 0.15) is 126 Å². The minimum Gasteiger partial charge on any atom is -0.480 e. The number of nitrogens with one attached hydrogen (secondary N) is 9. The standard InChI is InChI=1S/C55H88N14O15S2/c1-27(2)24-35(65-50(79)39-17-12-22-68(39)51(80)31(6)61-43(72)29(4)59-47(76)36(66-42(71)28(3)58)25-54-18-19-55(84)41(86-55)40(54)85-54)46(75)64-34(15-9-11-21-57)52(81)69-23-13-16-38(69)49(78)60-30(5)44(73)63-33(14-8-10-20-56)45(74)67-37(26-70)48(77)62-32(7)53(82)83/h18-19,26-41,84H,8-17,20-25,56-58H2,1-7H3,(H,59,76)(H,60,78)(H,61,72)(H,62,77)(H,63,73)(H,64,75)(H,65,79)(H,66,71)(H,67,74)(H,82,83)/t28-,29-,30-,31-,32-,33-,34-,35-,36-,37-,38-,39-,40?,41?,54?,55?/m0/s1. The van der Waals surface area contributed by atoms with E-state index in [4.69, 9.17) is 22.3 Å². The van der Waals surface area contributed by atoms with Crippen LogP contribution in [0.25, 0.3) is 0 Å². The third-order valence-electron chi connectivity index (χ3n) is 15.7. The number of amides is 11. The van der Waals surface area contributed by atoms with Crippen LogP contribution >= 0.6 is 23.5 Å². The highest BCUT2D eigenvalue weighted by Gasteiger charge is 2.73. The molecule has 0 spiro atoms. The molecule has 4 unspecified atom stereocenters. The van der Waals surface area contributed by atoms with E-state index in [2.05, 4.69) is 47.9 Å². The lowest BCUT2D eigenvalue weighted by Gasteiger charge is -2.31. The number of hydrogen-bond acceptors (Lipinski definition) is 19. The van der Waals surface area contributed by atoms with E-state index >= 15 is 0 Å². The van der Waals surface area contributed by atoms with Crippen molar-refractivity contribution >= 4 is 101 Å². The number of carboxylic acid groups (broad SMARTS) is 1. The molecule has 86 heavy (non-hydrogen) atoms. The lowest BCUT2D eigenvalue weighted by Crippen LogP contribution is -2.60. The monoisotopic (exact) mass is 1250 g/mol. The van der Waals surface area contributed by atoms with Crippen molar-refractivity contribution < 1.29 is 72.5 Å². The summed E-state index contributed by atoms with van der Waals surface area (Å²) in [7, 11) is 0. The zero-order valence-electron chi connectivity index (χ0n) is 49.9. The van der Waals surface area contributed by atoms with E-state index in [0.29, 0.717) is 38.5 Å². The van der Waals surface area contributed by atoms with Crippen LogP contribution in [0.15, 0.2) is 12.2 Å². The van der Waals surface area contributed by atoms with Gasteiger partial charge in [-0.05, 0) is 137 Å². The summed E-state index contributed by atoms with van der Waals surface area (Å²) in [6, 6.07) is -14.7. The van der Waals surface area contributed by atoms with Crippen molar-refractivity contribution in [2.45, 2.75) is 218 Å². The molecule has 4 aliphatic heterocycles. The predicted molar refractivity (Wildman–Crippen MR) is 316 cm³/mol. The van der Waals surface area contributed by atoms with Crippen molar-refractivity contribution in [1.29, 1.82) is 0 Å². The fourth-order valence-corrected chi connectivity index (χ4v) is 13.6. The summed E-state index contributed by atoms with van der Waals surface area (Å²) in [6.45, 7) is 11.3. The molecule has 0 aromatic carbocycles. The Morgan fingerprint density at radius 2 is 1.06 bits per heavy atom. The molecule has 5 rings (SSSR count). The number of thioether (sulfide) groups is 2. The molecule has 480 valence electrons. The molecule has 11 amide bonds. The predicted octanol–water partition coefficient (Wildman–Crippen LogP) is -4.04. The molecule has 0 radical (unpaired) electrons. The molecule has 4 heterocycles. The van der Waals surface area contributed by atoms with Gasteiger partial charge in [0.1, 0.15) is 65.4 Å². The summed E-state index contributed by atoms with van der Waals surface area (Å²) in [5, 5.41) is 42.7. The van der Waals surface area contributed by atoms with Crippen LogP contribution in [0.4, 0.5) is 0 Å². The number of nitrogens with two attached hydrogens (primary N) is 3. The quantitative estimate of drug-likeness (QED) is 0.00959. The average molecular weight is 1250 g/mol. The fourth-order valence-electron chi connectivity index (χ4n) is 10.6. The number of aliphatic carboxylic acids is 1. The van der Waals surface area contributed by atoms with Gasteiger partial charge in [0.15, 0.2) is 12.3 Å². The van der Waals surface area contributed by atoms with Crippen molar-refractivity contribution in [2.75, 3.05) is 26.2 Å². The van der Waals surface area contributed by atoms with Crippen LogP contribution in [0.2, 0.25) is 0 Å². The van der Waals surface area contributed by atoms with E-state index < -0.39 is 153 Å². The maximum atomic E-state index is 14.5. The van der Waals surface area contributed by atoms with Crippen LogP contribution in [0.3, 0.4) is 0 Å². The summed E-state index contributed by atoms with van der Waals surface area (Å²) >= 11 is 3.01. The second-order valence-corrected chi connectivity index (χ2v) is 26.2. The van der Waals surface area contributed by atoms with Gasteiger partial charge in [0.05, 0.1) is 11.3 Å². The Hall–Kier alpha value is -6.41. The highest BCUT2D eigenvalue weighted by molar-refractivity contribution is 8.14. The van der Waals surface area contributed by atoms with Gasteiger partial charge in [-0.2, -0.15) is 0 Å². The number of likely N-dealkylation sites (tertiary alicyclic amines) is 2. The Labute approximate surface area is 508 Å². The first-order valence-electron chi connectivity index (χ1n) is 29.5. The third-order valence-corrected chi connectivity index (χ3v) is 19.0. The largest absolute Gasteiger partial charge is 0.480 e. The number of aliphatic hydroxyl groups is 1.